The number of rotatable bonds is 3. The van der Waals surface area contributed by atoms with E-state index in [-0.39, 0.29) is 11.4 Å². The van der Waals surface area contributed by atoms with E-state index < -0.39 is 22.0 Å². The van der Waals surface area contributed by atoms with E-state index in [0.29, 0.717) is 18.1 Å². The topological polar surface area (TPSA) is 75.7 Å². The zero-order chi connectivity index (χ0) is 17.3. The van der Waals surface area contributed by atoms with Gasteiger partial charge in [0.2, 0.25) is 10.0 Å². The second-order valence-corrected chi connectivity index (χ2v) is 7.92. The van der Waals surface area contributed by atoms with E-state index in [9.17, 15) is 13.2 Å². The number of nitrogens with zero attached hydrogens (tertiary/aromatic N) is 1. The monoisotopic (exact) mass is 368 g/mol. The molecule has 0 spiro atoms. The van der Waals surface area contributed by atoms with Crippen LogP contribution in [0.4, 0.5) is 0 Å². The number of esters is 1. The predicted octanol–water partition coefficient (Wildman–Crippen LogP) is 1.63. The fourth-order valence-corrected chi connectivity index (χ4v) is 4.42. The van der Waals surface area contributed by atoms with Crippen molar-refractivity contribution in [3.05, 3.63) is 41.4 Å². The minimum Gasteiger partial charge on any atom is -0.468 e. The second kappa shape index (κ2) is 6.68. The third kappa shape index (κ3) is 3.25. The van der Waals surface area contributed by atoms with Crippen molar-refractivity contribution in [1.29, 1.82) is 0 Å². The molecule has 1 N–H and O–H groups in total. The molecule has 0 aromatic heterocycles. The SMILES string of the molecule is COC(=O)C1CN(S(=O)(=O)c2ccc3cc(Cl)ccc3c2)CCN1. The van der Waals surface area contributed by atoms with Gasteiger partial charge in [-0.15, -0.1) is 0 Å². The summed E-state index contributed by atoms with van der Waals surface area (Å²) in [4.78, 5) is 11.9. The Labute approximate surface area is 145 Å². The number of hydrogen-bond donors (Lipinski definition) is 1. The number of methoxy groups -OCH3 is 1. The number of sulfonamides is 1. The van der Waals surface area contributed by atoms with Gasteiger partial charge >= 0.3 is 5.97 Å². The van der Waals surface area contributed by atoms with E-state index in [1.54, 1.807) is 36.4 Å². The lowest BCUT2D eigenvalue weighted by Gasteiger charge is -2.31. The number of carbonyl (C=O) groups is 1. The number of fused-ring (bicyclic) bond motifs is 1. The van der Waals surface area contributed by atoms with E-state index in [1.807, 2.05) is 0 Å². The molecule has 2 aromatic rings. The molecule has 1 atom stereocenters. The van der Waals surface area contributed by atoms with E-state index in [2.05, 4.69) is 10.1 Å². The number of nitrogens with one attached hydrogen (secondary N) is 1. The summed E-state index contributed by atoms with van der Waals surface area (Å²) in [5.41, 5.74) is 0. The number of carbonyl (C=O) groups excluding carboxylic acids is 1. The normalized spacial score (nSPS) is 19.3. The molecule has 3 rings (SSSR count). The fraction of sp³-hybridized carbons (Fsp3) is 0.312. The van der Waals surface area contributed by atoms with Crippen LogP contribution in [-0.2, 0) is 19.6 Å². The molecule has 1 aliphatic heterocycles. The number of ether oxygens (including phenoxy) is 1. The van der Waals surface area contributed by atoms with Gasteiger partial charge in [0, 0.05) is 24.7 Å². The first kappa shape index (κ1) is 17.2. The Bertz CT molecular complexity index is 885. The minimum absolute atomic E-state index is 0.0493. The van der Waals surface area contributed by atoms with Crippen molar-refractivity contribution in [2.45, 2.75) is 10.9 Å². The number of benzene rings is 2. The average molecular weight is 369 g/mol. The molecule has 0 amide bonds. The molecule has 0 saturated carbocycles. The van der Waals surface area contributed by atoms with Crippen LogP contribution in [0.2, 0.25) is 5.02 Å². The molecule has 2 aromatic carbocycles. The first-order valence-corrected chi connectivity index (χ1v) is 9.24. The Morgan fingerprint density at radius 3 is 2.71 bits per heavy atom. The molecule has 1 unspecified atom stereocenters. The summed E-state index contributed by atoms with van der Waals surface area (Å²) in [6.45, 7) is 0.740. The van der Waals surface area contributed by atoms with Crippen molar-refractivity contribution in [3.8, 4) is 0 Å². The Kier molecular flexibility index (Phi) is 4.78. The predicted molar refractivity (Wildman–Crippen MR) is 91.5 cm³/mol. The second-order valence-electron chi connectivity index (χ2n) is 5.55. The van der Waals surface area contributed by atoms with Crippen molar-refractivity contribution in [2.24, 2.45) is 0 Å². The maximum atomic E-state index is 12.9. The standard InChI is InChI=1S/C16H17ClN2O4S/c1-23-16(20)15-10-19(7-6-18-15)24(21,22)14-5-3-11-8-13(17)4-2-12(11)9-14/h2-5,8-9,15,18H,6-7,10H2,1H3. The van der Waals surface area contributed by atoms with Gasteiger partial charge in [0.25, 0.3) is 0 Å². The molecule has 0 radical (unpaired) electrons. The van der Waals surface area contributed by atoms with E-state index in [0.717, 1.165) is 10.8 Å². The molecule has 128 valence electrons. The Balaban J connectivity index is 1.92. The van der Waals surface area contributed by atoms with Crippen molar-refractivity contribution in [1.82, 2.24) is 9.62 Å². The van der Waals surface area contributed by atoms with E-state index in [1.165, 1.54) is 11.4 Å². The Morgan fingerprint density at radius 2 is 1.96 bits per heavy atom. The molecular weight excluding hydrogens is 352 g/mol. The highest BCUT2D eigenvalue weighted by Crippen LogP contribution is 2.25. The van der Waals surface area contributed by atoms with Gasteiger partial charge in [-0.3, -0.25) is 4.79 Å². The Morgan fingerprint density at radius 1 is 1.25 bits per heavy atom. The summed E-state index contributed by atoms with van der Waals surface area (Å²) in [7, 11) is -2.40. The summed E-state index contributed by atoms with van der Waals surface area (Å²) in [6.07, 6.45) is 0. The van der Waals surface area contributed by atoms with Crippen LogP contribution in [0.1, 0.15) is 0 Å². The van der Waals surface area contributed by atoms with Crippen LogP contribution < -0.4 is 5.32 Å². The molecule has 0 aliphatic carbocycles. The highest BCUT2D eigenvalue weighted by atomic mass is 35.5. The Hall–Kier alpha value is -1.67. The van der Waals surface area contributed by atoms with Crippen molar-refractivity contribution < 1.29 is 17.9 Å². The zero-order valence-corrected chi connectivity index (χ0v) is 14.6. The van der Waals surface area contributed by atoms with Gasteiger partial charge < -0.3 is 10.1 Å². The zero-order valence-electron chi connectivity index (χ0n) is 13.0. The van der Waals surface area contributed by atoms with Crippen LogP contribution in [0.15, 0.2) is 41.3 Å². The van der Waals surface area contributed by atoms with E-state index >= 15 is 0 Å². The molecule has 1 saturated heterocycles. The van der Waals surface area contributed by atoms with Crippen LogP contribution in [-0.4, -0.2) is 51.5 Å². The van der Waals surface area contributed by atoms with Crippen molar-refractivity contribution in [3.63, 3.8) is 0 Å². The van der Waals surface area contributed by atoms with Crippen molar-refractivity contribution >= 4 is 38.4 Å². The van der Waals surface area contributed by atoms with Gasteiger partial charge in [-0.25, -0.2) is 8.42 Å². The maximum absolute atomic E-state index is 12.9. The minimum atomic E-state index is -3.69. The summed E-state index contributed by atoms with van der Waals surface area (Å²) in [5.74, 6) is -0.469. The molecular formula is C16H17ClN2O4S. The van der Waals surface area contributed by atoms with Gasteiger partial charge in [0.05, 0.1) is 12.0 Å². The largest absolute Gasteiger partial charge is 0.468 e. The third-order valence-electron chi connectivity index (χ3n) is 4.04. The molecule has 1 heterocycles. The number of halogens is 1. The summed E-state index contributed by atoms with van der Waals surface area (Å²) in [5, 5.41) is 5.22. The van der Waals surface area contributed by atoms with Crippen LogP contribution in [0.3, 0.4) is 0 Å². The highest BCUT2D eigenvalue weighted by molar-refractivity contribution is 7.89. The molecule has 1 aliphatic rings. The van der Waals surface area contributed by atoms with Gasteiger partial charge in [-0.2, -0.15) is 4.31 Å². The summed E-state index contributed by atoms with van der Waals surface area (Å²) in [6, 6.07) is 9.54. The lowest BCUT2D eigenvalue weighted by Crippen LogP contribution is -2.55. The molecule has 24 heavy (non-hydrogen) atoms. The van der Waals surface area contributed by atoms with Crippen LogP contribution in [0.5, 0.6) is 0 Å². The molecule has 1 fully saturated rings. The fourth-order valence-electron chi connectivity index (χ4n) is 2.75. The number of piperazine rings is 1. The molecule has 8 heteroatoms. The van der Waals surface area contributed by atoms with Crippen LogP contribution >= 0.6 is 11.6 Å². The summed E-state index contributed by atoms with van der Waals surface area (Å²) < 4.78 is 31.7. The number of hydrogen-bond acceptors (Lipinski definition) is 5. The smallest absolute Gasteiger partial charge is 0.324 e. The molecule has 0 bridgehead atoms. The van der Waals surface area contributed by atoms with Gasteiger partial charge in [-0.05, 0) is 35.0 Å². The first-order chi connectivity index (χ1) is 11.4. The van der Waals surface area contributed by atoms with Crippen LogP contribution in [0, 0.1) is 0 Å². The van der Waals surface area contributed by atoms with E-state index in [4.69, 9.17) is 11.6 Å². The highest BCUT2D eigenvalue weighted by Gasteiger charge is 2.33. The lowest BCUT2D eigenvalue weighted by atomic mass is 10.1. The quantitative estimate of drug-likeness (QED) is 0.833. The average Bonchev–Trinajstić information content (AvgIpc) is 2.60. The summed E-state index contributed by atoms with van der Waals surface area (Å²) >= 11 is 5.95. The molecule has 6 nitrogen and oxygen atoms in total. The van der Waals surface area contributed by atoms with Crippen molar-refractivity contribution in [2.75, 3.05) is 26.7 Å². The van der Waals surface area contributed by atoms with Gasteiger partial charge in [0.1, 0.15) is 6.04 Å². The van der Waals surface area contributed by atoms with Crippen LogP contribution in [0.25, 0.3) is 10.8 Å². The lowest BCUT2D eigenvalue weighted by molar-refractivity contribution is -0.143. The van der Waals surface area contributed by atoms with Gasteiger partial charge in [-0.1, -0.05) is 23.7 Å². The third-order valence-corrected chi connectivity index (χ3v) is 6.13. The first-order valence-electron chi connectivity index (χ1n) is 7.42. The maximum Gasteiger partial charge on any atom is 0.324 e. The van der Waals surface area contributed by atoms with Gasteiger partial charge in [0.15, 0.2) is 0 Å².